The molecule has 0 unspecified atom stereocenters. The SMILES string of the molecule is Cc1ccc2c(c1)c1cc(C)ccc1c1c(-c3ccccc3)c(-c3ccccc3)oc21.Cc1ccc2c(c1)c1cc(C)ccc1c1c3ccccc3oc21. The van der Waals surface area contributed by atoms with E-state index < -0.39 is 0 Å². The predicted octanol–water partition coefficient (Wildman–Crippen LogP) is 15.2. The molecule has 54 heavy (non-hydrogen) atoms. The summed E-state index contributed by atoms with van der Waals surface area (Å²) in [6.45, 7) is 8.61. The van der Waals surface area contributed by atoms with Crippen molar-refractivity contribution in [3.05, 3.63) is 180 Å². The van der Waals surface area contributed by atoms with E-state index in [-0.39, 0.29) is 0 Å². The fourth-order valence-corrected chi connectivity index (χ4v) is 8.41. The summed E-state index contributed by atoms with van der Waals surface area (Å²) < 4.78 is 13.0. The number of para-hydroxylation sites is 1. The zero-order chi connectivity index (χ0) is 36.5. The molecule has 11 aromatic rings. The summed E-state index contributed by atoms with van der Waals surface area (Å²) in [6, 6.07) is 56.1. The maximum atomic E-state index is 6.73. The summed E-state index contributed by atoms with van der Waals surface area (Å²) in [5.41, 5.74) is 11.4. The van der Waals surface area contributed by atoms with E-state index in [0.29, 0.717) is 0 Å². The Morgan fingerprint density at radius 1 is 0.315 bits per heavy atom. The average Bonchev–Trinajstić information content (AvgIpc) is 3.79. The first kappa shape index (κ1) is 32.0. The minimum Gasteiger partial charge on any atom is -0.455 e. The molecule has 0 spiro atoms. The quantitative estimate of drug-likeness (QED) is 0.168. The van der Waals surface area contributed by atoms with Crippen molar-refractivity contribution >= 4 is 76.0 Å². The Bertz CT molecular complexity index is 3230. The van der Waals surface area contributed by atoms with Crippen molar-refractivity contribution in [1.82, 2.24) is 0 Å². The molecule has 2 heteroatoms. The molecule has 2 heterocycles. The Labute approximate surface area is 313 Å². The van der Waals surface area contributed by atoms with Gasteiger partial charge < -0.3 is 8.83 Å². The van der Waals surface area contributed by atoms with Crippen LogP contribution in [0.25, 0.3) is 98.4 Å². The summed E-state index contributed by atoms with van der Waals surface area (Å²) in [6.07, 6.45) is 0. The molecule has 9 aromatic carbocycles. The lowest BCUT2D eigenvalue weighted by atomic mass is 9.91. The molecule has 0 N–H and O–H groups in total. The van der Waals surface area contributed by atoms with Gasteiger partial charge in [0.2, 0.25) is 0 Å². The summed E-state index contributed by atoms with van der Waals surface area (Å²) >= 11 is 0. The third-order valence-corrected chi connectivity index (χ3v) is 10.9. The van der Waals surface area contributed by atoms with E-state index >= 15 is 0 Å². The number of benzene rings is 9. The number of hydrogen-bond donors (Lipinski definition) is 0. The fourth-order valence-electron chi connectivity index (χ4n) is 8.41. The topological polar surface area (TPSA) is 26.3 Å². The van der Waals surface area contributed by atoms with Gasteiger partial charge >= 0.3 is 0 Å². The van der Waals surface area contributed by atoms with Crippen molar-refractivity contribution in [1.29, 1.82) is 0 Å². The highest BCUT2D eigenvalue weighted by atomic mass is 16.3. The molecule has 0 aliphatic carbocycles. The van der Waals surface area contributed by atoms with E-state index in [2.05, 4.69) is 173 Å². The highest BCUT2D eigenvalue weighted by Crippen LogP contribution is 2.47. The molecule has 0 radical (unpaired) electrons. The average molecular weight is 695 g/mol. The lowest BCUT2D eigenvalue weighted by Crippen LogP contribution is -1.85. The van der Waals surface area contributed by atoms with Gasteiger partial charge in [-0.25, -0.2) is 0 Å². The first-order valence-electron chi connectivity index (χ1n) is 18.7. The van der Waals surface area contributed by atoms with Crippen LogP contribution in [0.5, 0.6) is 0 Å². The van der Waals surface area contributed by atoms with Crippen molar-refractivity contribution in [2.24, 2.45) is 0 Å². The maximum Gasteiger partial charge on any atom is 0.143 e. The van der Waals surface area contributed by atoms with E-state index in [1.807, 2.05) is 12.1 Å². The Hall–Kier alpha value is -6.64. The third kappa shape index (κ3) is 5.09. The summed E-state index contributed by atoms with van der Waals surface area (Å²) in [4.78, 5) is 0. The molecule has 0 atom stereocenters. The van der Waals surface area contributed by atoms with Crippen LogP contribution in [0.3, 0.4) is 0 Å². The number of fused-ring (bicyclic) bond motifs is 14. The van der Waals surface area contributed by atoms with Crippen LogP contribution in [0.2, 0.25) is 0 Å². The molecule has 11 rings (SSSR count). The van der Waals surface area contributed by atoms with E-state index in [4.69, 9.17) is 8.83 Å². The van der Waals surface area contributed by atoms with Gasteiger partial charge in [0.1, 0.15) is 22.5 Å². The van der Waals surface area contributed by atoms with Crippen molar-refractivity contribution in [3.63, 3.8) is 0 Å². The third-order valence-electron chi connectivity index (χ3n) is 10.9. The van der Waals surface area contributed by atoms with Crippen molar-refractivity contribution < 1.29 is 8.83 Å². The summed E-state index contributed by atoms with van der Waals surface area (Å²) in [7, 11) is 0. The van der Waals surface area contributed by atoms with Crippen LogP contribution in [0.4, 0.5) is 0 Å². The Morgan fingerprint density at radius 3 is 1.30 bits per heavy atom. The second kappa shape index (κ2) is 12.5. The molecular formula is C52H38O2. The predicted molar refractivity (Wildman–Crippen MR) is 230 cm³/mol. The van der Waals surface area contributed by atoms with Gasteiger partial charge in [-0.3, -0.25) is 0 Å². The minimum absolute atomic E-state index is 0.928. The van der Waals surface area contributed by atoms with Crippen LogP contribution < -0.4 is 0 Å². The number of hydrogen-bond acceptors (Lipinski definition) is 2. The lowest BCUT2D eigenvalue weighted by Gasteiger charge is -2.10. The fraction of sp³-hybridized carbons (Fsp3) is 0.0769. The zero-order valence-electron chi connectivity index (χ0n) is 30.8. The van der Waals surface area contributed by atoms with Gasteiger partial charge in [-0.05, 0) is 71.6 Å². The second-order valence-corrected chi connectivity index (χ2v) is 14.7. The summed E-state index contributed by atoms with van der Waals surface area (Å²) in [5, 5.41) is 13.6. The smallest absolute Gasteiger partial charge is 0.143 e. The molecule has 2 aromatic heterocycles. The molecule has 0 aliphatic rings. The Kier molecular flexibility index (Phi) is 7.42. The minimum atomic E-state index is 0.928. The molecule has 0 saturated heterocycles. The Balaban J connectivity index is 0.000000140. The molecular weight excluding hydrogens is 657 g/mol. The van der Waals surface area contributed by atoms with E-state index in [9.17, 15) is 0 Å². The van der Waals surface area contributed by atoms with Gasteiger partial charge in [0.05, 0.1) is 0 Å². The first-order valence-corrected chi connectivity index (χ1v) is 18.7. The van der Waals surface area contributed by atoms with Crippen LogP contribution in [-0.2, 0) is 0 Å². The van der Waals surface area contributed by atoms with Gasteiger partial charge in [-0.2, -0.15) is 0 Å². The van der Waals surface area contributed by atoms with Gasteiger partial charge in [0.25, 0.3) is 0 Å². The largest absolute Gasteiger partial charge is 0.455 e. The zero-order valence-corrected chi connectivity index (χ0v) is 30.8. The van der Waals surface area contributed by atoms with Crippen LogP contribution in [-0.4, -0.2) is 0 Å². The van der Waals surface area contributed by atoms with Crippen molar-refractivity contribution in [3.8, 4) is 22.5 Å². The van der Waals surface area contributed by atoms with E-state index in [1.165, 1.54) is 81.7 Å². The van der Waals surface area contributed by atoms with Crippen LogP contribution >= 0.6 is 0 Å². The van der Waals surface area contributed by atoms with E-state index in [0.717, 1.165) is 39.0 Å². The monoisotopic (exact) mass is 694 g/mol. The van der Waals surface area contributed by atoms with Gasteiger partial charge in [0.15, 0.2) is 0 Å². The first-order chi connectivity index (χ1) is 26.4. The number of aryl methyl sites for hydroxylation is 4. The number of rotatable bonds is 2. The molecule has 0 bridgehead atoms. The normalized spacial score (nSPS) is 11.7. The van der Waals surface area contributed by atoms with Crippen molar-refractivity contribution in [2.45, 2.75) is 27.7 Å². The number of furan rings is 2. The van der Waals surface area contributed by atoms with Gasteiger partial charge in [-0.15, -0.1) is 0 Å². The standard InChI is InChI=1S/C30H22O.C22H16O/c1-19-13-15-23-25(17-19)26-18-20(2)14-16-24(26)30-28(23)27(21-9-5-3-6-10-21)29(31-30)22-11-7-4-8-12-22;1-13-7-9-15-18(11-13)19-12-14(2)8-10-16(19)22-21(15)17-5-3-4-6-20(17)23-22/h3-18H,1-2H3;3-12H,1-2H3. The molecule has 0 fully saturated rings. The molecule has 0 amide bonds. The maximum absolute atomic E-state index is 6.73. The van der Waals surface area contributed by atoms with Crippen LogP contribution in [0.15, 0.2) is 167 Å². The Morgan fingerprint density at radius 2 is 0.741 bits per heavy atom. The second-order valence-electron chi connectivity index (χ2n) is 14.7. The molecule has 0 saturated carbocycles. The molecule has 258 valence electrons. The summed E-state index contributed by atoms with van der Waals surface area (Å²) in [5.74, 6) is 0.928. The molecule has 2 nitrogen and oxygen atoms in total. The van der Waals surface area contributed by atoms with Crippen LogP contribution in [0.1, 0.15) is 22.3 Å². The highest BCUT2D eigenvalue weighted by Gasteiger charge is 2.23. The van der Waals surface area contributed by atoms with Gasteiger partial charge in [0, 0.05) is 38.1 Å². The van der Waals surface area contributed by atoms with Gasteiger partial charge in [-0.1, -0.05) is 174 Å². The highest BCUT2D eigenvalue weighted by molar-refractivity contribution is 6.31. The van der Waals surface area contributed by atoms with Crippen molar-refractivity contribution in [2.75, 3.05) is 0 Å². The van der Waals surface area contributed by atoms with E-state index in [1.54, 1.807) is 0 Å². The van der Waals surface area contributed by atoms with Crippen LogP contribution in [0, 0.1) is 27.7 Å². The lowest BCUT2D eigenvalue weighted by molar-refractivity contribution is 0.636. The molecule has 0 aliphatic heterocycles.